The Balaban J connectivity index is 1.97. The SMILES string of the molecule is CCc1ccc(C(=S)NCc2cccc(OC)c2)cc1. The third-order valence-electron chi connectivity index (χ3n) is 3.21. The minimum atomic E-state index is 0.700. The fraction of sp³-hybridized carbons (Fsp3) is 0.235. The Labute approximate surface area is 125 Å². The molecule has 20 heavy (non-hydrogen) atoms. The van der Waals surface area contributed by atoms with Crippen LogP contribution in [-0.2, 0) is 13.0 Å². The van der Waals surface area contributed by atoms with E-state index in [1.165, 1.54) is 5.56 Å². The van der Waals surface area contributed by atoms with E-state index in [9.17, 15) is 0 Å². The number of nitrogens with one attached hydrogen (secondary N) is 1. The van der Waals surface area contributed by atoms with Gasteiger partial charge in [-0.2, -0.15) is 0 Å². The molecule has 2 aromatic carbocycles. The van der Waals surface area contributed by atoms with Crippen molar-refractivity contribution in [3.05, 3.63) is 65.2 Å². The van der Waals surface area contributed by atoms with Crippen LogP contribution < -0.4 is 10.1 Å². The zero-order chi connectivity index (χ0) is 14.4. The van der Waals surface area contributed by atoms with E-state index in [1.54, 1.807) is 7.11 Å². The fourth-order valence-electron chi connectivity index (χ4n) is 1.96. The van der Waals surface area contributed by atoms with Crippen molar-refractivity contribution in [1.29, 1.82) is 0 Å². The lowest BCUT2D eigenvalue weighted by Crippen LogP contribution is -2.21. The second-order valence-corrected chi connectivity index (χ2v) is 4.99. The summed E-state index contributed by atoms with van der Waals surface area (Å²) in [7, 11) is 1.67. The van der Waals surface area contributed by atoms with E-state index in [4.69, 9.17) is 17.0 Å². The summed E-state index contributed by atoms with van der Waals surface area (Å²) in [5, 5.41) is 3.28. The minimum absolute atomic E-state index is 0.700. The first-order chi connectivity index (χ1) is 9.72. The summed E-state index contributed by atoms with van der Waals surface area (Å²) in [5.41, 5.74) is 3.53. The van der Waals surface area contributed by atoms with Gasteiger partial charge in [0.2, 0.25) is 0 Å². The molecule has 0 heterocycles. The van der Waals surface area contributed by atoms with Gasteiger partial charge >= 0.3 is 0 Å². The highest BCUT2D eigenvalue weighted by molar-refractivity contribution is 7.80. The standard InChI is InChI=1S/C17H19NOS/c1-3-13-7-9-15(10-8-13)17(20)18-12-14-5-4-6-16(11-14)19-2/h4-11H,3,12H2,1-2H3,(H,18,20). The van der Waals surface area contributed by atoms with Gasteiger partial charge in [0.1, 0.15) is 10.7 Å². The van der Waals surface area contributed by atoms with Crippen LogP contribution in [0.15, 0.2) is 48.5 Å². The maximum absolute atomic E-state index is 5.42. The summed E-state index contributed by atoms with van der Waals surface area (Å²) in [6.07, 6.45) is 1.05. The lowest BCUT2D eigenvalue weighted by atomic mass is 10.1. The van der Waals surface area contributed by atoms with Crippen molar-refractivity contribution in [2.75, 3.05) is 7.11 Å². The predicted molar refractivity (Wildman–Crippen MR) is 87.4 cm³/mol. The van der Waals surface area contributed by atoms with Crippen molar-refractivity contribution < 1.29 is 4.74 Å². The first kappa shape index (κ1) is 14.5. The van der Waals surface area contributed by atoms with Gasteiger partial charge in [-0.25, -0.2) is 0 Å². The van der Waals surface area contributed by atoms with Crippen molar-refractivity contribution >= 4 is 17.2 Å². The highest BCUT2D eigenvalue weighted by atomic mass is 32.1. The molecule has 2 nitrogen and oxygen atoms in total. The summed E-state index contributed by atoms with van der Waals surface area (Å²) in [5.74, 6) is 0.863. The molecule has 104 valence electrons. The molecule has 0 atom stereocenters. The van der Waals surface area contributed by atoms with Gasteiger partial charge in [-0.1, -0.05) is 55.5 Å². The fourth-order valence-corrected chi connectivity index (χ4v) is 2.17. The maximum atomic E-state index is 5.42. The Morgan fingerprint density at radius 3 is 2.50 bits per heavy atom. The molecular formula is C17H19NOS. The smallest absolute Gasteiger partial charge is 0.119 e. The Kier molecular flexibility index (Phi) is 5.13. The van der Waals surface area contributed by atoms with E-state index < -0.39 is 0 Å². The highest BCUT2D eigenvalue weighted by Gasteiger charge is 2.02. The summed E-state index contributed by atoms with van der Waals surface area (Å²) in [6, 6.07) is 16.4. The van der Waals surface area contributed by atoms with Crippen LogP contribution in [0.4, 0.5) is 0 Å². The first-order valence-corrected chi connectivity index (χ1v) is 7.14. The third-order valence-corrected chi connectivity index (χ3v) is 3.59. The van der Waals surface area contributed by atoms with Gasteiger partial charge in [0.15, 0.2) is 0 Å². The number of hydrogen-bond acceptors (Lipinski definition) is 2. The monoisotopic (exact) mass is 285 g/mol. The number of rotatable bonds is 5. The molecule has 0 amide bonds. The zero-order valence-electron chi connectivity index (χ0n) is 11.8. The first-order valence-electron chi connectivity index (χ1n) is 6.73. The lowest BCUT2D eigenvalue weighted by molar-refractivity contribution is 0.414. The highest BCUT2D eigenvalue weighted by Crippen LogP contribution is 2.12. The Morgan fingerprint density at radius 1 is 1.10 bits per heavy atom. The number of methoxy groups -OCH3 is 1. The van der Waals surface area contributed by atoms with E-state index >= 15 is 0 Å². The van der Waals surface area contributed by atoms with Crippen LogP contribution in [0.3, 0.4) is 0 Å². The van der Waals surface area contributed by atoms with Crippen molar-refractivity contribution in [3.8, 4) is 5.75 Å². The largest absolute Gasteiger partial charge is 0.497 e. The average molecular weight is 285 g/mol. The number of aryl methyl sites for hydroxylation is 1. The number of hydrogen-bond donors (Lipinski definition) is 1. The third kappa shape index (κ3) is 3.81. The molecule has 1 N–H and O–H groups in total. The molecule has 0 unspecified atom stereocenters. The van der Waals surface area contributed by atoms with Gasteiger partial charge in [-0.05, 0) is 29.7 Å². The molecule has 0 radical (unpaired) electrons. The molecule has 2 aromatic rings. The molecule has 0 fully saturated rings. The zero-order valence-corrected chi connectivity index (χ0v) is 12.7. The van der Waals surface area contributed by atoms with Crippen LogP contribution in [-0.4, -0.2) is 12.1 Å². The maximum Gasteiger partial charge on any atom is 0.119 e. The summed E-state index contributed by atoms with van der Waals surface area (Å²) in [6.45, 7) is 2.85. The summed E-state index contributed by atoms with van der Waals surface area (Å²) in [4.78, 5) is 0.774. The van der Waals surface area contributed by atoms with Crippen molar-refractivity contribution in [1.82, 2.24) is 5.32 Å². The van der Waals surface area contributed by atoms with Gasteiger partial charge in [0.05, 0.1) is 7.11 Å². The van der Waals surface area contributed by atoms with Crippen molar-refractivity contribution in [3.63, 3.8) is 0 Å². The molecule has 0 aliphatic rings. The topological polar surface area (TPSA) is 21.3 Å². The molecule has 0 saturated carbocycles. The normalized spacial score (nSPS) is 10.1. The van der Waals surface area contributed by atoms with Gasteiger partial charge < -0.3 is 10.1 Å². The second-order valence-electron chi connectivity index (χ2n) is 4.58. The quantitative estimate of drug-likeness (QED) is 0.846. The van der Waals surface area contributed by atoms with Crippen LogP contribution in [0.25, 0.3) is 0 Å². The van der Waals surface area contributed by atoms with Crippen LogP contribution >= 0.6 is 12.2 Å². The van der Waals surface area contributed by atoms with Crippen LogP contribution in [0, 0.1) is 0 Å². The molecule has 0 aromatic heterocycles. The van der Waals surface area contributed by atoms with Crippen molar-refractivity contribution in [2.24, 2.45) is 0 Å². The van der Waals surface area contributed by atoms with E-state index in [0.717, 1.165) is 28.3 Å². The van der Waals surface area contributed by atoms with Crippen LogP contribution in [0.1, 0.15) is 23.6 Å². The minimum Gasteiger partial charge on any atom is -0.497 e. The lowest BCUT2D eigenvalue weighted by Gasteiger charge is -2.09. The Hall–Kier alpha value is -1.87. The predicted octanol–water partition coefficient (Wildman–Crippen LogP) is 3.72. The van der Waals surface area contributed by atoms with E-state index in [2.05, 4.69) is 42.6 Å². The molecule has 0 spiro atoms. The van der Waals surface area contributed by atoms with E-state index in [1.807, 2.05) is 18.2 Å². The van der Waals surface area contributed by atoms with E-state index in [0.29, 0.717) is 6.54 Å². The van der Waals surface area contributed by atoms with Gasteiger partial charge in [-0.3, -0.25) is 0 Å². The number of benzene rings is 2. The number of ether oxygens (including phenoxy) is 1. The van der Waals surface area contributed by atoms with E-state index in [-0.39, 0.29) is 0 Å². The molecule has 0 aliphatic carbocycles. The van der Waals surface area contributed by atoms with Crippen LogP contribution in [0.2, 0.25) is 0 Å². The molecule has 0 aliphatic heterocycles. The van der Waals surface area contributed by atoms with Crippen molar-refractivity contribution in [2.45, 2.75) is 19.9 Å². The van der Waals surface area contributed by atoms with Gasteiger partial charge in [0, 0.05) is 12.1 Å². The summed E-state index contributed by atoms with van der Waals surface area (Å²) < 4.78 is 5.21. The Bertz CT molecular complexity index is 578. The van der Waals surface area contributed by atoms with Gasteiger partial charge in [-0.15, -0.1) is 0 Å². The van der Waals surface area contributed by atoms with Gasteiger partial charge in [0.25, 0.3) is 0 Å². The Morgan fingerprint density at radius 2 is 1.85 bits per heavy atom. The summed E-state index contributed by atoms with van der Waals surface area (Å²) >= 11 is 5.42. The molecule has 2 rings (SSSR count). The molecular weight excluding hydrogens is 266 g/mol. The molecule has 0 bridgehead atoms. The van der Waals surface area contributed by atoms with Crippen LogP contribution in [0.5, 0.6) is 5.75 Å². The molecule has 3 heteroatoms. The number of thiocarbonyl (C=S) groups is 1. The molecule has 0 saturated heterocycles. The second kappa shape index (κ2) is 7.06. The average Bonchev–Trinajstić information content (AvgIpc) is 2.53.